The standard InChI is InChI=1S/C18H17BrO/c19-17-11-4-2-7-14(17)12-15-9-5-8-13-6-1-3-10-16(13)18(15)20/h1-4,6-7,10-11,15H,5,8-9,12H2. The summed E-state index contributed by atoms with van der Waals surface area (Å²) in [6.45, 7) is 0. The second-order valence-electron chi connectivity index (χ2n) is 5.41. The first-order valence-electron chi connectivity index (χ1n) is 7.11. The van der Waals surface area contributed by atoms with Crippen molar-refractivity contribution in [1.82, 2.24) is 0 Å². The van der Waals surface area contributed by atoms with E-state index in [9.17, 15) is 4.79 Å². The number of carbonyl (C=O) groups excluding carboxylic acids is 1. The molecule has 20 heavy (non-hydrogen) atoms. The van der Waals surface area contributed by atoms with Gasteiger partial charge >= 0.3 is 0 Å². The fraction of sp³-hybridized carbons (Fsp3) is 0.278. The Bertz CT molecular complexity index is 633. The Kier molecular flexibility index (Phi) is 4.02. The molecule has 0 fully saturated rings. The highest BCUT2D eigenvalue weighted by Gasteiger charge is 2.25. The molecule has 0 saturated carbocycles. The third-order valence-electron chi connectivity index (χ3n) is 4.08. The third-order valence-corrected chi connectivity index (χ3v) is 4.85. The average Bonchev–Trinajstić information content (AvgIpc) is 2.62. The Morgan fingerprint density at radius 2 is 1.80 bits per heavy atom. The summed E-state index contributed by atoms with van der Waals surface area (Å²) < 4.78 is 1.10. The lowest BCUT2D eigenvalue weighted by Crippen LogP contribution is -2.17. The highest BCUT2D eigenvalue weighted by atomic mass is 79.9. The highest BCUT2D eigenvalue weighted by molar-refractivity contribution is 9.10. The van der Waals surface area contributed by atoms with Crippen LogP contribution in [0.4, 0.5) is 0 Å². The molecule has 0 spiro atoms. The van der Waals surface area contributed by atoms with E-state index in [2.05, 4.69) is 28.1 Å². The maximum atomic E-state index is 12.7. The van der Waals surface area contributed by atoms with Crippen LogP contribution in [0.1, 0.15) is 34.3 Å². The number of Topliss-reactive ketones (excluding diaryl/α,β-unsaturated/α-hetero) is 1. The van der Waals surface area contributed by atoms with Gasteiger partial charge in [-0.05, 0) is 42.9 Å². The summed E-state index contributed by atoms with van der Waals surface area (Å²) >= 11 is 3.58. The van der Waals surface area contributed by atoms with E-state index in [1.54, 1.807) is 0 Å². The number of carbonyl (C=O) groups is 1. The molecule has 1 aliphatic rings. The predicted molar refractivity (Wildman–Crippen MR) is 85.0 cm³/mol. The Morgan fingerprint density at radius 3 is 2.65 bits per heavy atom. The van der Waals surface area contributed by atoms with Crippen LogP contribution in [0.15, 0.2) is 53.0 Å². The van der Waals surface area contributed by atoms with Crippen molar-refractivity contribution in [2.75, 3.05) is 0 Å². The van der Waals surface area contributed by atoms with Crippen molar-refractivity contribution >= 4 is 21.7 Å². The molecular formula is C18H17BrO. The first-order chi connectivity index (χ1) is 9.75. The molecule has 0 heterocycles. The van der Waals surface area contributed by atoms with Crippen LogP contribution in [-0.2, 0) is 12.8 Å². The minimum Gasteiger partial charge on any atom is -0.294 e. The zero-order valence-corrected chi connectivity index (χ0v) is 12.9. The molecule has 1 unspecified atom stereocenters. The van der Waals surface area contributed by atoms with Gasteiger partial charge in [0, 0.05) is 16.0 Å². The summed E-state index contributed by atoms with van der Waals surface area (Å²) in [5.41, 5.74) is 3.37. The smallest absolute Gasteiger partial charge is 0.166 e. The molecule has 0 aliphatic heterocycles. The number of rotatable bonds is 2. The number of ketones is 1. The monoisotopic (exact) mass is 328 g/mol. The fourth-order valence-corrected chi connectivity index (χ4v) is 3.44. The Hall–Kier alpha value is -1.41. The Balaban J connectivity index is 1.88. The van der Waals surface area contributed by atoms with E-state index < -0.39 is 0 Å². The minimum atomic E-state index is 0.109. The predicted octanol–water partition coefficient (Wildman–Crippen LogP) is 4.83. The van der Waals surface area contributed by atoms with Crippen molar-refractivity contribution in [3.8, 4) is 0 Å². The zero-order chi connectivity index (χ0) is 13.9. The molecule has 0 aromatic heterocycles. The van der Waals surface area contributed by atoms with Crippen LogP contribution in [0.3, 0.4) is 0 Å². The van der Waals surface area contributed by atoms with E-state index in [1.807, 2.05) is 36.4 Å². The van der Waals surface area contributed by atoms with Gasteiger partial charge in [-0.2, -0.15) is 0 Å². The van der Waals surface area contributed by atoms with Gasteiger partial charge in [0.1, 0.15) is 0 Å². The molecular weight excluding hydrogens is 312 g/mol. The van der Waals surface area contributed by atoms with Gasteiger partial charge in [0.05, 0.1) is 0 Å². The van der Waals surface area contributed by atoms with Crippen LogP contribution in [0, 0.1) is 5.92 Å². The van der Waals surface area contributed by atoms with Crippen molar-refractivity contribution in [1.29, 1.82) is 0 Å². The molecule has 1 nitrogen and oxygen atoms in total. The fourth-order valence-electron chi connectivity index (χ4n) is 2.99. The quantitative estimate of drug-likeness (QED) is 0.722. The van der Waals surface area contributed by atoms with Crippen LogP contribution in [0.5, 0.6) is 0 Å². The molecule has 0 radical (unpaired) electrons. The molecule has 2 aromatic rings. The van der Waals surface area contributed by atoms with Crippen molar-refractivity contribution in [3.05, 3.63) is 69.7 Å². The summed E-state index contributed by atoms with van der Waals surface area (Å²) in [6.07, 6.45) is 3.93. The van der Waals surface area contributed by atoms with Crippen molar-refractivity contribution in [2.24, 2.45) is 5.92 Å². The first-order valence-corrected chi connectivity index (χ1v) is 7.90. The summed E-state index contributed by atoms with van der Waals surface area (Å²) in [4.78, 5) is 12.7. The van der Waals surface area contributed by atoms with E-state index in [4.69, 9.17) is 0 Å². The molecule has 0 amide bonds. The van der Waals surface area contributed by atoms with Gasteiger partial charge in [-0.15, -0.1) is 0 Å². The van der Waals surface area contributed by atoms with Crippen molar-refractivity contribution < 1.29 is 4.79 Å². The van der Waals surface area contributed by atoms with E-state index in [-0.39, 0.29) is 5.92 Å². The SMILES string of the molecule is O=C1c2ccccc2CCCC1Cc1ccccc1Br. The Labute approximate surface area is 128 Å². The normalized spacial score (nSPS) is 18.4. The summed E-state index contributed by atoms with van der Waals surface area (Å²) in [7, 11) is 0. The topological polar surface area (TPSA) is 17.1 Å². The van der Waals surface area contributed by atoms with E-state index in [0.717, 1.165) is 35.7 Å². The molecule has 102 valence electrons. The molecule has 1 aliphatic carbocycles. The van der Waals surface area contributed by atoms with Crippen molar-refractivity contribution in [2.45, 2.75) is 25.7 Å². The molecule has 1 atom stereocenters. The maximum absolute atomic E-state index is 12.7. The average molecular weight is 329 g/mol. The lowest BCUT2D eigenvalue weighted by molar-refractivity contribution is 0.0915. The van der Waals surface area contributed by atoms with Gasteiger partial charge in [0.25, 0.3) is 0 Å². The second kappa shape index (κ2) is 5.92. The lowest BCUT2D eigenvalue weighted by Gasteiger charge is -2.14. The summed E-state index contributed by atoms with van der Waals surface area (Å²) in [5, 5.41) is 0. The minimum absolute atomic E-state index is 0.109. The van der Waals surface area contributed by atoms with Crippen LogP contribution < -0.4 is 0 Å². The largest absolute Gasteiger partial charge is 0.294 e. The summed E-state index contributed by atoms with van der Waals surface area (Å²) in [5.74, 6) is 0.422. The zero-order valence-electron chi connectivity index (χ0n) is 11.3. The number of benzene rings is 2. The second-order valence-corrected chi connectivity index (χ2v) is 6.26. The van der Waals surface area contributed by atoms with Gasteiger partial charge in [0.15, 0.2) is 5.78 Å². The van der Waals surface area contributed by atoms with Gasteiger partial charge in [0.2, 0.25) is 0 Å². The van der Waals surface area contributed by atoms with Gasteiger partial charge < -0.3 is 0 Å². The third kappa shape index (κ3) is 2.71. The van der Waals surface area contributed by atoms with Gasteiger partial charge in [-0.1, -0.05) is 58.4 Å². The highest BCUT2D eigenvalue weighted by Crippen LogP contribution is 2.29. The van der Waals surface area contributed by atoms with Crippen LogP contribution in [0.25, 0.3) is 0 Å². The Morgan fingerprint density at radius 1 is 1.05 bits per heavy atom. The first kappa shape index (κ1) is 13.6. The van der Waals surface area contributed by atoms with Crippen LogP contribution >= 0.6 is 15.9 Å². The molecule has 2 heteroatoms. The number of halogens is 1. The number of hydrogen-bond acceptors (Lipinski definition) is 1. The van der Waals surface area contributed by atoms with Crippen LogP contribution in [-0.4, -0.2) is 5.78 Å². The molecule has 3 rings (SSSR count). The van der Waals surface area contributed by atoms with Gasteiger partial charge in [-0.3, -0.25) is 4.79 Å². The van der Waals surface area contributed by atoms with E-state index >= 15 is 0 Å². The summed E-state index contributed by atoms with van der Waals surface area (Å²) in [6, 6.07) is 16.3. The molecule has 0 N–H and O–H groups in total. The maximum Gasteiger partial charge on any atom is 0.166 e. The number of aryl methyl sites for hydroxylation is 1. The van der Waals surface area contributed by atoms with E-state index in [1.165, 1.54) is 11.1 Å². The van der Waals surface area contributed by atoms with Crippen molar-refractivity contribution in [3.63, 3.8) is 0 Å². The van der Waals surface area contributed by atoms with Gasteiger partial charge in [-0.25, -0.2) is 0 Å². The molecule has 0 bridgehead atoms. The van der Waals surface area contributed by atoms with Crippen LogP contribution in [0.2, 0.25) is 0 Å². The lowest BCUT2D eigenvalue weighted by atomic mass is 9.89. The van der Waals surface area contributed by atoms with E-state index in [0.29, 0.717) is 5.78 Å². The number of fused-ring (bicyclic) bond motifs is 1. The number of hydrogen-bond donors (Lipinski definition) is 0. The molecule has 2 aromatic carbocycles. The molecule has 0 saturated heterocycles.